The average Bonchev–Trinajstić information content (AvgIpc) is 2.08. The van der Waals surface area contributed by atoms with Gasteiger partial charge in [-0.15, -0.1) is 0 Å². The molecule has 0 fully saturated rings. The van der Waals surface area contributed by atoms with E-state index in [0.29, 0.717) is 6.42 Å². The highest BCUT2D eigenvalue weighted by Gasteiger charge is 2.04. The molecule has 0 heterocycles. The minimum atomic E-state index is -0.330. The molecule has 2 nitrogen and oxygen atoms in total. The topological polar surface area (TPSA) is 29.5 Å². The van der Waals surface area contributed by atoms with Gasteiger partial charge in [0.15, 0.2) is 0 Å². The highest BCUT2D eigenvalue weighted by Crippen LogP contribution is 2.23. The van der Waals surface area contributed by atoms with E-state index in [9.17, 15) is 5.11 Å². The van der Waals surface area contributed by atoms with E-state index in [1.807, 2.05) is 18.2 Å². The van der Waals surface area contributed by atoms with Gasteiger partial charge in [-0.2, -0.15) is 0 Å². The van der Waals surface area contributed by atoms with Crippen molar-refractivity contribution in [2.45, 2.75) is 19.4 Å². The van der Waals surface area contributed by atoms with E-state index in [1.54, 1.807) is 14.0 Å². The first kappa shape index (κ1) is 10.5. The van der Waals surface area contributed by atoms with Crippen LogP contribution in [0.25, 0.3) is 0 Å². The fourth-order valence-corrected chi connectivity index (χ4v) is 1.56. The number of methoxy groups -OCH3 is 1. The van der Waals surface area contributed by atoms with Gasteiger partial charge in [0.1, 0.15) is 5.75 Å². The lowest BCUT2D eigenvalue weighted by molar-refractivity contribution is 0.195. The molecule has 1 aromatic carbocycles. The molecule has 0 aliphatic rings. The zero-order valence-corrected chi connectivity index (χ0v) is 9.34. The molecule has 13 heavy (non-hydrogen) atoms. The predicted octanol–water partition coefficient (Wildman–Crippen LogP) is 2.38. The number of rotatable bonds is 3. The van der Waals surface area contributed by atoms with Crippen LogP contribution in [0.2, 0.25) is 0 Å². The Kier molecular flexibility index (Phi) is 3.75. The second-order valence-corrected chi connectivity index (χ2v) is 3.86. The zero-order chi connectivity index (χ0) is 9.84. The highest BCUT2D eigenvalue weighted by atomic mass is 79.9. The van der Waals surface area contributed by atoms with Crippen molar-refractivity contribution in [1.29, 1.82) is 0 Å². The molecular formula is C10H13BrO2. The van der Waals surface area contributed by atoms with E-state index in [1.165, 1.54) is 0 Å². The Hall–Kier alpha value is -0.540. The molecule has 1 N–H and O–H groups in total. The standard InChI is InChI=1S/C10H13BrO2/c1-7(12)5-8-6-9(13-2)3-4-10(8)11/h3-4,6-7,12H,5H2,1-2H3/t7-/m1/s1. The quantitative estimate of drug-likeness (QED) is 0.885. The molecule has 0 bridgehead atoms. The van der Waals surface area contributed by atoms with Gasteiger partial charge >= 0.3 is 0 Å². The first-order valence-electron chi connectivity index (χ1n) is 4.14. The fraction of sp³-hybridized carbons (Fsp3) is 0.400. The number of aliphatic hydroxyl groups is 1. The Labute approximate surface area is 86.7 Å². The Morgan fingerprint density at radius 2 is 2.23 bits per heavy atom. The molecule has 0 saturated heterocycles. The van der Waals surface area contributed by atoms with Crippen molar-refractivity contribution >= 4 is 15.9 Å². The van der Waals surface area contributed by atoms with E-state index in [0.717, 1.165) is 15.8 Å². The van der Waals surface area contributed by atoms with Crippen LogP contribution >= 0.6 is 15.9 Å². The summed E-state index contributed by atoms with van der Waals surface area (Å²) in [6.45, 7) is 1.77. The lowest BCUT2D eigenvalue weighted by Crippen LogP contribution is -2.04. The molecule has 72 valence electrons. The van der Waals surface area contributed by atoms with E-state index in [2.05, 4.69) is 15.9 Å². The number of aliphatic hydroxyl groups excluding tert-OH is 1. The van der Waals surface area contributed by atoms with Gasteiger partial charge in [0.05, 0.1) is 13.2 Å². The highest BCUT2D eigenvalue weighted by molar-refractivity contribution is 9.10. The minimum Gasteiger partial charge on any atom is -0.497 e. The van der Waals surface area contributed by atoms with E-state index in [4.69, 9.17) is 4.74 Å². The number of hydrogen-bond acceptors (Lipinski definition) is 2. The molecule has 0 unspecified atom stereocenters. The Balaban J connectivity index is 2.90. The molecule has 0 radical (unpaired) electrons. The van der Waals surface area contributed by atoms with Crippen molar-refractivity contribution < 1.29 is 9.84 Å². The van der Waals surface area contributed by atoms with Gasteiger partial charge in [0.25, 0.3) is 0 Å². The summed E-state index contributed by atoms with van der Waals surface area (Å²) in [5.41, 5.74) is 1.06. The molecule has 3 heteroatoms. The van der Waals surface area contributed by atoms with Crippen LogP contribution in [0.4, 0.5) is 0 Å². The maximum absolute atomic E-state index is 9.23. The van der Waals surface area contributed by atoms with E-state index >= 15 is 0 Å². The summed E-state index contributed by atoms with van der Waals surface area (Å²) in [6.07, 6.45) is 0.307. The summed E-state index contributed by atoms with van der Waals surface area (Å²) in [6, 6.07) is 5.74. The molecule has 0 saturated carbocycles. The van der Waals surface area contributed by atoms with Crippen LogP contribution in [-0.4, -0.2) is 18.3 Å². The summed E-state index contributed by atoms with van der Waals surface area (Å²) >= 11 is 3.42. The minimum absolute atomic E-state index is 0.330. The largest absolute Gasteiger partial charge is 0.497 e. The van der Waals surface area contributed by atoms with Gasteiger partial charge < -0.3 is 9.84 Å². The van der Waals surface area contributed by atoms with Crippen LogP contribution in [0.5, 0.6) is 5.75 Å². The molecular weight excluding hydrogens is 232 g/mol. The van der Waals surface area contributed by atoms with Crippen molar-refractivity contribution in [2.24, 2.45) is 0 Å². The van der Waals surface area contributed by atoms with Gasteiger partial charge in [0, 0.05) is 4.47 Å². The van der Waals surface area contributed by atoms with Gasteiger partial charge in [-0.05, 0) is 37.1 Å². The third kappa shape index (κ3) is 3.01. The second kappa shape index (κ2) is 4.63. The molecule has 1 atom stereocenters. The van der Waals surface area contributed by atoms with Crippen molar-refractivity contribution in [2.75, 3.05) is 7.11 Å². The van der Waals surface area contributed by atoms with Crippen LogP contribution in [0.1, 0.15) is 12.5 Å². The van der Waals surface area contributed by atoms with Crippen LogP contribution in [0.15, 0.2) is 22.7 Å². The smallest absolute Gasteiger partial charge is 0.119 e. The summed E-state index contributed by atoms with van der Waals surface area (Å²) in [5.74, 6) is 0.818. The first-order chi connectivity index (χ1) is 6.13. The predicted molar refractivity (Wildman–Crippen MR) is 56.1 cm³/mol. The molecule has 1 rings (SSSR count). The van der Waals surface area contributed by atoms with Crippen LogP contribution in [0, 0.1) is 0 Å². The van der Waals surface area contributed by atoms with E-state index in [-0.39, 0.29) is 6.10 Å². The van der Waals surface area contributed by atoms with Crippen LogP contribution < -0.4 is 4.74 Å². The molecule has 1 aromatic rings. The zero-order valence-electron chi connectivity index (χ0n) is 7.75. The van der Waals surface area contributed by atoms with Crippen molar-refractivity contribution in [3.63, 3.8) is 0 Å². The van der Waals surface area contributed by atoms with Crippen LogP contribution in [-0.2, 0) is 6.42 Å². The Morgan fingerprint density at radius 3 is 2.77 bits per heavy atom. The number of ether oxygens (including phenoxy) is 1. The van der Waals surface area contributed by atoms with Crippen LogP contribution in [0.3, 0.4) is 0 Å². The van der Waals surface area contributed by atoms with Crippen molar-refractivity contribution in [3.8, 4) is 5.75 Å². The second-order valence-electron chi connectivity index (χ2n) is 3.01. The summed E-state index contributed by atoms with van der Waals surface area (Å²) in [7, 11) is 1.63. The van der Waals surface area contributed by atoms with Gasteiger partial charge in [-0.3, -0.25) is 0 Å². The normalized spacial score (nSPS) is 12.6. The van der Waals surface area contributed by atoms with E-state index < -0.39 is 0 Å². The fourth-order valence-electron chi connectivity index (χ4n) is 1.15. The third-order valence-electron chi connectivity index (χ3n) is 1.77. The summed E-state index contributed by atoms with van der Waals surface area (Å²) in [5, 5.41) is 9.23. The van der Waals surface area contributed by atoms with Crippen molar-refractivity contribution in [3.05, 3.63) is 28.2 Å². The number of halogens is 1. The maximum atomic E-state index is 9.23. The maximum Gasteiger partial charge on any atom is 0.119 e. The third-order valence-corrected chi connectivity index (χ3v) is 2.54. The summed E-state index contributed by atoms with van der Waals surface area (Å²) < 4.78 is 6.10. The molecule has 0 aromatic heterocycles. The Bertz CT molecular complexity index is 284. The van der Waals surface area contributed by atoms with Crippen molar-refractivity contribution in [1.82, 2.24) is 0 Å². The lowest BCUT2D eigenvalue weighted by atomic mass is 10.1. The molecule has 0 aliphatic heterocycles. The Morgan fingerprint density at radius 1 is 1.54 bits per heavy atom. The van der Waals surface area contributed by atoms with Gasteiger partial charge in [-0.25, -0.2) is 0 Å². The number of benzene rings is 1. The van der Waals surface area contributed by atoms with Gasteiger partial charge in [-0.1, -0.05) is 15.9 Å². The summed E-state index contributed by atoms with van der Waals surface area (Å²) in [4.78, 5) is 0. The van der Waals surface area contributed by atoms with Gasteiger partial charge in [0.2, 0.25) is 0 Å². The average molecular weight is 245 g/mol. The molecule has 0 aliphatic carbocycles. The monoisotopic (exact) mass is 244 g/mol. The lowest BCUT2D eigenvalue weighted by Gasteiger charge is -2.08. The molecule has 0 spiro atoms. The molecule has 0 amide bonds. The first-order valence-corrected chi connectivity index (χ1v) is 4.93. The SMILES string of the molecule is COc1ccc(Br)c(C[C@@H](C)O)c1. The number of hydrogen-bond donors (Lipinski definition) is 1.